The lowest BCUT2D eigenvalue weighted by Gasteiger charge is -2.47. The van der Waals surface area contributed by atoms with E-state index < -0.39 is 0 Å². The lowest BCUT2D eigenvalue weighted by molar-refractivity contribution is -0.115. The van der Waals surface area contributed by atoms with Crippen molar-refractivity contribution in [2.24, 2.45) is 11.3 Å². The van der Waals surface area contributed by atoms with Crippen LogP contribution < -0.4 is 0 Å². The third-order valence-electron chi connectivity index (χ3n) is 5.22. The number of allylic oxidation sites excluding steroid dienone is 2. The molecule has 1 N–H and O–H groups in total. The van der Waals surface area contributed by atoms with Gasteiger partial charge in [-0.3, -0.25) is 4.79 Å². The van der Waals surface area contributed by atoms with Crippen LogP contribution in [0.2, 0.25) is 0 Å². The fourth-order valence-corrected chi connectivity index (χ4v) is 3.76. The first kappa shape index (κ1) is 14.5. The van der Waals surface area contributed by atoms with Gasteiger partial charge in [-0.2, -0.15) is 0 Å². The van der Waals surface area contributed by atoms with Crippen LogP contribution in [0.4, 0.5) is 0 Å². The summed E-state index contributed by atoms with van der Waals surface area (Å²) in [5.74, 6) is 0.603. The van der Waals surface area contributed by atoms with Crippen LogP contribution in [0, 0.1) is 11.3 Å². The van der Waals surface area contributed by atoms with Crippen molar-refractivity contribution in [1.82, 2.24) is 0 Å². The van der Waals surface area contributed by atoms with Crippen LogP contribution in [-0.4, -0.2) is 17.0 Å². The standard InChI is InChI=1S/C17H26O2/c1-5-15(18)13-7-6-8-17(4)14(13)9-12(11(2)3)10-16(17)19/h12,16,19H,2,5-10H2,1,3-4H3/t12-,16-,17-/m1/s1. The Hall–Kier alpha value is -0.890. The van der Waals surface area contributed by atoms with Crippen LogP contribution >= 0.6 is 0 Å². The molecule has 0 spiro atoms. The first-order valence-corrected chi connectivity index (χ1v) is 7.49. The molecule has 0 bridgehead atoms. The summed E-state index contributed by atoms with van der Waals surface area (Å²) < 4.78 is 0. The third kappa shape index (κ3) is 2.43. The quantitative estimate of drug-likeness (QED) is 0.785. The zero-order valence-electron chi connectivity index (χ0n) is 12.5. The number of hydrogen-bond acceptors (Lipinski definition) is 2. The summed E-state index contributed by atoms with van der Waals surface area (Å²) in [5.41, 5.74) is 3.20. The highest BCUT2D eigenvalue weighted by Crippen LogP contribution is 2.52. The molecule has 0 amide bonds. The molecule has 106 valence electrons. The molecule has 1 saturated carbocycles. The summed E-state index contributed by atoms with van der Waals surface area (Å²) in [7, 11) is 0. The van der Waals surface area contributed by atoms with Gasteiger partial charge in [0.1, 0.15) is 0 Å². The largest absolute Gasteiger partial charge is 0.392 e. The molecule has 19 heavy (non-hydrogen) atoms. The van der Waals surface area contributed by atoms with Crippen LogP contribution in [0.15, 0.2) is 23.3 Å². The predicted octanol–water partition coefficient (Wildman–Crippen LogP) is 3.80. The van der Waals surface area contributed by atoms with Crippen LogP contribution in [0.25, 0.3) is 0 Å². The Morgan fingerprint density at radius 3 is 2.79 bits per heavy atom. The van der Waals surface area contributed by atoms with Crippen LogP contribution in [0.5, 0.6) is 0 Å². The number of hydrogen-bond donors (Lipinski definition) is 1. The Bertz CT molecular complexity index is 433. The molecule has 3 atom stereocenters. The van der Waals surface area contributed by atoms with Crippen LogP contribution in [0.1, 0.15) is 59.3 Å². The maximum absolute atomic E-state index is 12.2. The number of carbonyl (C=O) groups is 1. The van der Waals surface area contributed by atoms with E-state index in [2.05, 4.69) is 13.5 Å². The number of Topliss-reactive ketones (excluding diaryl/α,β-unsaturated/α-hetero) is 1. The Labute approximate surface area is 116 Å². The maximum atomic E-state index is 12.2. The molecule has 0 saturated heterocycles. The summed E-state index contributed by atoms with van der Waals surface area (Å²) in [6, 6.07) is 0. The molecule has 0 aromatic heterocycles. The van der Waals surface area contributed by atoms with E-state index in [9.17, 15) is 9.90 Å². The Morgan fingerprint density at radius 1 is 1.53 bits per heavy atom. The fraction of sp³-hybridized carbons (Fsp3) is 0.706. The minimum Gasteiger partial charge on any atom is -0.392 e. The minimum atomic E-state index is -0.335. The molecule has 0 aromatic rings. The molecule has 0 aromatic carbocycles. The van der Waals surface area contributed by atoms with E-state index in [0.717, 1.165) is 43.3 Å². The molecule has 2 rings (SSSR count). The van der Waals surface area contributed by atoms with Crippen molar-refractivity contribution in [1.29, 1.82) is 0 Å². The Morgan fingerprint density at radius 2 is 2.21 bits per heavy atom. The van der Waals surface area contributed by atoms with Gasteiger partial charge >= 0.3 is 0 Å². The molecule has 2 nitrogen and oxygen atoms in total. The molecule has 2 heteroatoms. The van der Waals surface area contributed by atoms with Crippen molar-refractivity contribution in [3.05, 3.63) is 23.3 Å². The zero-order chi connectivity index (χ0) is 14.2. The van der Waals surface area contributed by atoms with Crippen LogP contribution in [0.3, 0.4) is 0 Å². The maximum Gasteiger partial charge on any atom is 0.158 e. The second-order valence-electron chi connectivity index (χ2n) is 6.50. The molecular formula is C17H26O2. The summed E-state index contributed by atoms with van der Waals surface area (Å²) in [6.07, 6.45) is 4.88. The number of aliphatic hydroxyl groups is 1. The number of ketones is 1. The molecular weight excluding hydrogens is 236 g/mol. The highest BCUT2D eigenvalue weighted by atomic mass is 16.3. The number of rotatable bonds is 3. The first-order chi connectivity index (χ1) is 8.90. The molecule has 0 aliphatic heterocycles. The second-order valence-corrected chi connectivity index (χ2v) is 6.50. The average Bonchev–Trinajstić information content (AvgIpc) is 2.38. The van der Waals surface area contributed by atoms with Gasteiger partial charge < -0.3 is 5.11 Å². The van der Waals surface area contributed by atoms with Crippen molar-refractivity contribution < 1.29 is 9.90 Å². The summed E-state index contributed by atoms with van der Waals surface area (Å²) in [4.78, 5) is 12.2. The van der Waals surface area contributed by atoms with Gasteiger partial charge in [0.2, 0.25) is 0 Å². The second kappa shape index (κ2) is 5.24. The summed E-state index contributed by atoms with van der Waals surface area (Å²) >= 11 is 0. The van der Waals surface area contributed by atoms with Crippen molar-refractivity contribution in [3.8, 4) is 0 Å². The van der Waals surface area contributed by atoms with Gasteiger partial charge in [-0.1, -0.05) is 31.6 Å². The minimum absolute atomic E-state index is 0.176. The molecule has 0 unspecified atom stereocenters. The topological polar surface area (TPSA) is 37.3 Å². The van der Waals surface area contributed by atoms with Gasteiger partial charge in [-0.15, -0.1) is 0 Å². The van der Waals surface area contributed by atoms with Gasteiger partial charge in [0.25, 0.3) is 0 Å². The summed E-state index contributed by atoms with van der Waals surface area (Å²) in [6.45, 7) is 10.1. The van der Waals surface area contributed by atoms with Crippen molar-refractivity contribution in [3.63, 3.8) is 0 Å². The predicted molar refractivity (Wildman–Crippen MR) is 77.8 cm³/mol. The van der Waals surface area contributed by atoms with E-state index in [1.165, 1.54) is 5.57 Å². The number of aliphatic hydroxyl groups excluding tert-OH is 1. The van der Waals surface area contributed by atoms with Gasteiger partial charge in [0, 0.05) is 11.8 Å². The van der Waals surface area contributed by atoms with Crippen molar-refractivity contribution in [2.75, 3.05) is 0 Å². The van der Waals surface area contributed by atoms with Gasteiger partial charge in [-0.05, 0) is 50.5 Å². The highest BCUT2D eigenvalue weighted by molar-refractivity contribution is 5.96. The van der Waals surface area contributed by atoms with E-state index in [1.54, 1.807) is 0 Å². The lowest BCUT2D eigenvalue weighted by atomic mass is 9.59. The number of fused-ring (bicyclic) bond motifs is 1. The van der Waals surface area contributed by atoms with E-state index >= 15 is 0 Å². The lowest BCUT2D eigenvalue weighted by Crippen LogP contribution is -2.43. The molecule has 2 aliphatic rings. The average molecular weight is 262 g/mol. The van der Waals surface area contributed by atoms with E-state index in [1.807, 2.05) is 13.8 Å². The first-order valence-electron chi connectivity index (χ1n) is 7.49. The third-order valence-corrected chi connectivity index (χ3v) is 5.22. The molecule has 1 fully saturated rings. The summed E-state index contributed by atoms with van der Waals surface area (Å²) in [5, 5.41) is 10.6. The normalized spacial score (nSPS) is 34.9. The smallest absolute Gasteiger partial charge is 0.158 e. The van der Waals surface area contributed by atoms with E-state index in [4.69, 9.17) is 0 Å². The van der Waals surface area contributed by atoms with Gasteiger partial charge in [0.15, 0.2) is 5.78 Å². The SMILES string of the molecule is C=C(C)[C@@H]1CC2=C(C(=O)CC)CCC[C@@]2(C)[C@H](O)C1. The Kier molecular flexibility index (Phi) is 4.00. The van der Waals surface area contributed by atoms with Gasteiger partial charge in [-0.25, -0.2) is 0 Å². The molecule has 0 heterocycles. The monoisotopic (exact) mass is 262 g/mol. The Balaban J connectivity index is 2.45. The number of carbonyl (C=O) groups excluding carboxylic acids is 1. The van der Waals surface area contributed by atoms with Gasteiger partial charge in [0.05, 0.1) is 6.10 Å². The highest BCUT2D eigenvalue weighted by Gasteiger charge is 2.46. The van der Waals surface area contributed by atoms with Crippen LogP contribution in [-0.2, 0) is 4.79 Å². The van der Waals surface area contributed by atoms with E-state index in [0.29, 0.717) is 12.3 Å². The van der Waals surface area contributed by atoms with E-state index in [-0.39, 0.29) is 17.3 Å². The molecule has 2 aliphatic carbocycles. The molecule has 0 radical (unpaired) electrons. The van der Waals surface area contributed by atoms with Crippen molar-refractivity contribution in [2.45, 2.75) is 65.4 Å². The fourth-order valence-electron chi connectivity index (χ4n) is 3.76. The zero-order valence-corrected chi connectivity index (χ0v) is 12.5. The van der Waals surface area contributed by atoms with Crippen molar-refractivity contribution >= 4 is 5.78 Å².